The minimum atomic E-state index is -0.667. The molecule has 0 spiro atoms. The number of rotatable bonds is 6. The van der Waals surface area contributed by atoms with Crippen LogP contribution < -0.4 is 19.8 Å². The number of fused-ring (bicyclic) bond motifs is 1. The molecule has 0 radical (unpaired) electrons. The van der Waals surface area contributed by atoms with Crippen LogP contribution in [0.4, 0.5) is 5.69 Å². The lowest BCUT2D eigenvalue weighted by Gasteiger charge is -2.25. The highest BCUT2D eigenvalue weighted by molar-refractivity contribution is 7.07. The fourth-order valence-electron chi connectivity index (χ4n) is 4.63. The summed E-state index contributed by atoms with van der Waals surface area (Å²) in [6, 6.07) is 16.4. The van der Waals surface area contributed by atoms with Crippen LogP contribution in [-0.2, 0) is 9.53 Å². The average Bonchev–Trinajstić information content (AvgIpc) is 3.49. The molecule has 7 nitrogen and oxygen atoms in total. The molecular weight excluding hydrogens is 534 g/mol. The van der Waals surface area contributed by atoms with Crippen molar-refractivity contribution >= 4 is 40.7 Å². The largest absolute Gasteiger partial charge is 0.463 e. The number of allylic oxidation sites excluding steroid dienone is 1. The molecule has 1 aliphatic rings. The normalized spacial score (nSPS) is 15.2. The third kappa shape index (κ3) is 5.10. The molecule has 5 rings (SSSR count). The summed E-state index contributed by atoms with van der Waals surface area (Å²) >= 11 is 7.45. The Balaban J connectivity index is 1.63. The van der Waals surface area contributed by atoms with Crippen LogP contribution in [0.5, 0.6) is 0 Å². The Kier molecular flexibility index (Phi) is 7.34. The van der Waals surface area contributed by atoms with E-state index in [1.54, 1.807) is 24.5 Å². The molecule has 0 aliphatic carbocycles. The minimum Gasteiger partial charge on any atom is -0.463 e. The number of aryl methyl sites for hydroxylation is 1. The van der Waals surface area contributed by atoms with Gasteiger partial charge in [0, 0.05) is 36.4 Å². The van der Waals surface area contributed by atoms with Crippen LogP contribution >= 0.6 is 22.9 Å². The summed E-state index contributed by atoms with van der Waals surface area (Å²) in [7, 11) is 3.92. The highest BCUT2D eigenvalue weighted by Crippen LogP contribution is 2.32. The Morgan fingerprint density at radius 2 is 1.90 bits per heavy atom. The van der Waals surface area contributed by atoms with Crippen molar-refractivity contribution in [2.75, 3.05) is 25.6 Å². The van der Waals surface area contributed by atoms with Gasteiger partial charge in [-0.25, -0.2) is 9.79 Å². The lowest BCUT2D eigenvalue weighted by Crippen LogP contribution is -2.39. The molecule has 0 fully saturated rings. The number of furan rings is 1. The quantitative estimate of drug-likeness (QED) is 0.307. The van der Waals surface area contributed by atoms with Gasteiger partial charge in [-0.1, -0.05) is 41.1 Å². The maximum Gasteiger partial charge on any atom is 0.338 e. The standard InChI is InChI=1S/C30H28ClN3O4S/c1-6-37-29(36)26-18(3)32-30-34(27(26)19-8-11-21(12-9-19)33(4)5)28(35)25(39-30)16-22-13-14-24(38-22)23-15-20(31)10-7-17(23)2/h7-16,27H,6H2,1-5H3. The van der Waals surface area contributed by atoms with Gasteiger partial charge < -0.3 is 14.1 Å². The first-order valence-corrected chi connectivity index (χ1v) is 13.7. The van der Waals surface area contributed by atoms with Crippen molar-refractivity contribution in [1.82, 2.24) is 4.57 Å². The van der Waals surface area contributed by atoms with E-state index in [1.165, 1.54) is 11.3 Å². The second-order valence-corrected chi connectivity index (χ2v) is 10.9. The topological polar surface area (TPSA) is 77.0 Å². The van der Waals surface area contributed by atoms with Gasteiger partial charge in [0.2, 0.25) is 0 Å². The van der Waals surface area contributed by atoms with E-state index < -0.39 is 12.0 Å². The minimum absolute atomic E-state index is 0.221. The number of thiazole rings is 1. The van der Waals surface area contributed by atoms with Crippen molar-refractivity contribution < 1.29 is 13.9 Å². The zero-order chi connectivity index (χ0) is 27.8. The molecule has 1 atom stereocenters. The number of benzene rings is 2. The van der Waals surface area contributed by atoms with Crippen LogP contribution in [0.25, 0.3) is 17.4 Å². The molecule has 0 N–H and O–H groups in total. The maximum absolute atomic E-state index is 13.8. The van der Waals surface area contributed by atoms with Gasteiger partial charge in [-0.05, 0) is 68.3 Å². The number of carbonyl (C=O) groups is 1. The average molecular weight is 562 g/mol. The van der Waals surface area contributed by atoms with Crippen molar-refractivity contribution in [1.29, 1.82) is 0 Å². The number of nitrogens with zero attached hydrogens (tertiary/aromatic N) is 3. The van der Waals surface area contributed by atoms with Gasteiger partial charge in [-0.3, -0.25) is 9.36 Å². The van der Waals surface area contributed by atoms with Gasteiger partial charge in [0.15, 0.2) is 4.80 Å². The molecule has 1 aliphatic heterocycles. The molecule has 0 bridgehead atoms. The summed E-state index contributed by atoms with van der Waals surface area (Å²) in [5, 5.41) is 0.619. The number of ether oxygens (including phenoxy) is 1. The van der Waals surface area contributed by atoms with Crippen molar-refractivity contribution in [2.24, 2.45) is 4.99 Å². The smallest absolute Gasteiger partial charge is 0.338 e. The van der Waals surface area contributed by atoms with Gasteiger partial charge in [-0.2, -0.15) is 0 Å². The lowest BCUT2D eigenvalue weighted by molar-refractivity contribution is -0.139. The van der Waals surface area contributed by atoms with E-state index in [4.69, 9.17) is 20.8 Å². The second kappa shape index (κ2) is 10.7. The molecule has 0 amide bonds. The molecule has 4 aromatic rings. The van der Waals surface area contributed by atoms with Gasteiger partial charge in [0.25, 0.3) is 5.56 Å². The molecule has 1 unspecified atom stereocenters. The molecule has 3 heterocycles. The number of carbonyl (C=O) groups excluding carboxylic acids is 1. The Morgan fingerprint density at radius 3 is 2.59 bits per heavy atom. The van der Waals surface area contributed by atoms with Crippen molar-refractivity contribution in [3.63, 3.8) is 0 Å². The summed E-state index contributed by atoms with van der Waals surface area (Å²) in [6.45, 7) is 5.74. The Hall–Kier alpha value is -3.88. The molecule has 39 heavy (non-hydrogen) atoms. The van der Waals surface area contributed by atoms with E-state index in [-0.39, 0.29) is 12.2 Å². The van der Waals surface area contributed by atoms with E-state index >= 15 is 0 Å². The van der Waals surface area contributed by atoms with Crippen LogP contribution in [0.15, 0.2) is 80.1 Å². The first-order valence-electron chi connectivity index (χ1n) is 12.5. The fraction of sp³-hybridized carbons (Fsp3) is 0.233. The SMILES string of the molecule is CCOC(=O)C1=C(C)N=c2sc(=Cc3ccc(-c4cc(Cl)ccc4C)o3)c(=O)n2C1c1ccc(N(C)C)cc1. The summed E-state index contributed by atoms with van der Waals surface area (Å²) in [6.07, 6.45) is 1.71. The van der Waals surface area contributed by atoms with Crippen LogP contribution in [-0.4, -0.2) is 31.2 Å². The summed E-state index contributed by atoms with van der Waals surface area (Å²) in [5.74, 6) is 0.707. The number of hydrogen-bond acceptors (Lipinski definition) is 7. The van der Waals surface area contributed by atoms with Crippen LogP contribution in [0, 0.1) is 6.92 Å². The third-order valence-corrected chi connectivity index (χ3v) is 7.83. The number of halogens is 1. The monoisotopic (exact) mass is 561 g/mol. The predicted octanol–water partition coefficient (Wildman–Crippen LogP) is 5.09. The lowest BCUT2D eigenvalue weighted by atomic mass is 9.95. The molecule has 2 aromatic heterocycles. The zero-order valence-corrected chi connectivity index (χ0v) is 23.9. The Bertz CT molecular complexity index is 1780. The molecule has 200 valence electrons. The van der Waals surface area contributed by atoms with E-state index in [0.29, 0.717) is 37.1 Å². The predicted molar refractivity (Wildman–Crippen MR) is 155 cm³/mol. The maximum atomic E-state index is 13.8. The number of aromatic nitrogens is 1. The van der Waals surface area contributed by atoms with Crippen molar-refractivity contribution in [2.45, 2.75) is 26.8 Å². The van der Waals surface area contributed by atoms with Crippen molar-refractivity contribution in [3.05, 3.63) is 107 Å². The highest BCUT2D eigenvalue weighted by Gasteiger charge is 2.33. The number of hydrogen-bond donors (Lipinski definition) is 0. The number of anilines is 1. The van der Waals surface area contributed by atoms with Crippen LogP contribution in [0.3, 0.4) is 0 Å². The van der Waals surface area contributed by atoms with E-state index in [2.05, 4.69) is 4.99 Å². The van der Waals surface area contributed by atoms with Gasteiger partial charge in [0.05, 0.1) is 28.5 Å². The number of esters is 1. The van der Waals surface area contributed by atoms with Crippen molar-refractivity contribution in [3.8, 4) is 11.3 Å². The molecule has 0 saturated heterocycles. The summed E-state index contributed by atoms with van der Waals surface area (Å²) < 4.78 is 13.5. The first kappa shape index (κ1) is 26.7. The fourth-order valence-corrected chi connectivity index (χ4v) is 5.82. The van der Waals surface area contributed by atoms with E-state index in [1.807, 2.05) is 80.5 Å². The van der Waals surface area contributed by atoms with E-state index in [0.717, 1.165) is 22.4 Å². The third-order valence-electron chi connectivity index (χ3n) is 6.61. The second-order valence-electron chi connectivity index (χ2n) is 9.45. The molecule has 2 aromatic carbocycles. The van der Waals surface area contributed by atoms with Gasteiger partial charge in [-0.15, -0.1) is 0 Å². The van der Waals surface area contributed by atoms with Crippen LogP contribution in [0.2, 0.25) is 5.02 Å². The Labute approximate surface area is 234 Å². The van der Waals surface area contributed by atoms with Crippen LogP contribution in [0.1, 0.15) is 36.8 Å². The first-order chi connectivity index (χ1) is 18.7. The molecule has 9 heteroatoms. The summed E-state index contributed by atoms with van der Waals surface area (Å²) in [5.41, 5.74) is 4.34. The van der Waals surface area contributed by atoms with E-state index in [9.17, 15) is 9.59 Å². The van der Waals surface area contributed by atoms with Gasteiger partial charge in [0.1, 0.15) is 11.5 Å². The zero-order valence-electron chi connectivity index (χ0n) is 22.3. The highest BCUT2D eigenvalue weighted by atomic mass is 35.5. The van der Waals surface area contributed by atoms with Gasteiger partial charge >= 0.3 is 5.97 Å². The molecular formula is C30H28ClN3O4S. The summed E-state index contributed by atoms with van der Waals surface area (Å²) in [4.78, 5) is 34.0. The molecule has 0 saturated carbocycles. The Morgan fingerprint density at radius 1 is 1.15 bits per heavy atom.